The van der Waals surface area contributed by atoms with Crippen LogP contribution in [0.1, 0.15) is 47.1 Å². The zero-order chi connectivity index (χ0) is 31.6. The summed E-state index contributed by atoms with van der Waals surface area (Å²) in [6.07, 6.45) is 3.19. The van der Waals surface area contributed by atoms with E-state index in [0.29, 0.717) is 61.3 Å². The van der Waals surface area contributed by atoms with Crippen LogP contribution in [0.4, 0.5) is 10.2 Å². The van der Waals surface area contributed by atoms with Crippen LogP contribution >= 0.6 is 0 Å². The molecular formula is C33H41FN4O3SSi. The maximum absolute atomic E-state index is 15.9. The Bertz CT molecular complexity index is 1730. The van der Waals surface area contributed by atoms with Gasteiger partial charge in [-0.05, 0) is 46.3 Å². The highest BCUT2D eigenvalue weighted by atomic mass is 32.2. The number of nitrogens with zero attached hydrogens (tertiary/aromatic N) is 4. The first-order valence-corrected chi connectivity index (χ1v) is 18.2. The molecule has 0 fully saturated rings. The average molecular weight is 621 g/mol. The lowest BCUT2D eigenvalue weighted by molar-refractivity contribution is 0.0512. The summed E-state index contributed by atoms with van der Waals surface area (Å²) in [5.41, 5.74) is 7.04. The fourth-order valence-corrected chi connectivity index (χ4v) is 11.8. The minimum atomic E-state index is -2.16. The third kappa shape index (κ3) is 6.30. The van der Waals surface area contributed by atoms with E-state index in [2.05, 4.69) is 63.0 Å². The van der Waals surface area contributed by atoms with E-state index < -0.39 is 18.9 Å². The van der Waals surface area contributed by atoms with E-state index in [9.17, 15) is 4.21 Å². The summed E-state index contributed by atoms with van der Waals surface area (Å²) in [5, 5.41) is 2.37. The van der Waals surface area contributed by atoms with Gasteiger partial charge in [0.2, 0.25) is 5.16 Å². The quantitative estimate of drug-likeness (QED) is 0.0839. The minimum Gasteiger partial charge on any atom is -0.468 e. The molecule has 0 aliphatic heterocycles. The summed E-state index contributed by atoms with van der Waals surface area (Å²) in [6, 6.07) is 8.75. The Morgan fingerprint density at radius 1 is 1.02 bits per heavy atom. The van der Waals surface area contributed by atoms with Crippen molar-refractivity contribution < 1.29 is 18.1 Å². The highest BCUT2D eigenvalue weighted by molar-refractivity contribution is 7.84. The topological polar surface area (TPSA) is 77.4 Å². The maximum Gasteiger partial charge on any atom is 0.218 e. The maximum atomic E-state index is 15.9. The molecule has 0 radical (unpaired) electrons. The number of benzene rings is 2. The lowest BCUT2D eigenvalue weighted by Gasteiger charge is -2.38. The summed E-state index contributed by atoms with van der Waals surface area (Å²) in [4.78, 5) is 15.8. The molecule has 4 aromatic rings. The molecule has 2 heterocycles. The molecule has 0 bridgehead atoms. The van der Waals surface area contributed by atoms with Crippen molar-refractivity contribution in [1.82, 2.24) is 15.0 Å². The minimum absolute atomic E-state index is 0.0527. The van der Waals surface area contributed by atoms with Gasteiger partial charge in [0.05, 0.1) is 33.0 Å². The van der Waals surface area contributed by atoms with Crippen LogP contribution in [-0.2, 0) is 15.5 Å². The van der Waals surface area contributed by atoms with Crippen LogP contribution in [-0.4, -0.2) is 61.5 Å². The predicted octanol–water partition coefficient (Wildman–Crippen LogP) is 7.34. The molecule has 0 spiro atoms. The lowest BCUT2D eigenvalue weighted by atomic mass is 9.96. The second-order valence-corrected chi connectivity index (χ2v) is 18.8. The molecule has 1 unspecified atom stereocenters. The molecule has 0 aliphatic rings. The van der Waals surface area contributed by atoms with E-state index in [0.717, 1.165) is 5.39 Å². The SMILES string of the molecule is COCOc1cc(-c2cc3nc(S(C)=O)ncc3c(N(C)C)n2)c2c(C#C[Si](C(C)C)(C(C)C)C(C)C)c(F)ccc2c1. The average Bonchev–Trinajstić information content (AvgIpc) is 2.95. The standard InChI is InChI=1S/C33H41FN4O3SSi/c1-20(2)43(21(3)4,22(5)6)14-13-25-28(34)12-11-23-15-24(41-19-40-9)16-26(31(23)25)29-17-30-27(32(36-29)38(7)8)18-35-33(37-30)42(10)39/h11-12,15-18,20-22H,19H2,1-10H3. The van der Waals surface area contributed by atoms with Gasteiger partial charge in [-0.25, -0.2) is 19.3 Å². The van der Waals surface area contributed by atoms with E-state index in [4.69, 9.17) is 14.5 Å². The molecule has 0 saturated heterocycles. The fourth-order valence-electron chi connectivity index (χ4n) is 6.17. The third-order valence-corrected chi connectivity index (χ3v) is 15.1. The number of aromatic nitrogens is 3. The van der Waals surface area contributed by atoms with Gasteiger partial charge in [-0.2, -0.15) is 0 Å². The van der Waals surface area contributed by atoms with E-state index in [1.165, 1.54) is 6.07 Å². The number of hydrogen-bond donors (Lipinski definition) is 0. The highest BCUT2D eigenvalue weighted by Crippen LogP contribution is 2.42. The van der Waals surface area contributed by atoms with E-state index >= 15 is 4.39 Å². The van der Waals surface area contributed by atoms with Gasteiger partial charge in [-0.1, -0.05) is 53.5 Å². The Morgan fingerprint density at radius 2 is 1.70 bits per heavy atom. The van der Waals surface area contributed by atoms with E-state index in [1.807, 2.05) is 37.2 Å². The Morgan fingerprint density at radius 3 is 2.28 bits per heavy atom. The molecule has 10 heteroatoms. The van der Waals surface area contributed by atoms with Crippen LogP contribution in [0.5, 0.6) is 5.75 Å². The van der Waals surface area contributed by atoms with Crippen molar-refractivity contribution >= 4 is 46.4 Å². The van der Waals surface area contributed by atoms with Gasteiger partial charge >= 0.3 is 0 Å². The van der Waals surface area contributed by atoms with Gasteiger partial charge in [0.15, 0.2) is 6.79 Å². The van der Waals surface area contributed by atoms with E-state index in [-0.39, 0.29) is 17.8 Å². The number of methoxy groups -OCH3 is 1. The summed E-state index contributed by atoms with van der Waals surface area (Å²) >= 11 is 0. The molecule has 2 aromatic carbocycles. The Hall–Kier alpha value is -3.39. The number of pyridine rings is 1. The molecule has 228 valence electrons. The van der Waals surface area contributed by atoms with Crippen LogP contribution in [0.2, 0.25) is 16.6 Å². The highest BCUT2D eigenvalue weighted by Gasteiger charge is 2.41. The number of fused-ring (bicyclic) bond motifs is 2. The zero-order valence-electron chi connectivity index (χ0n) is 26.7. The lowest BCUT2D eigenvalue weighted by Crippen LogP contribution is -2.43. The van der Waals surface area contributed by atoms with Gasteiger partial charge < -0.3 is 14.4 Å². The molecule has 7 nitrogen and oxygen atoms in total. The number of anilines is 1. The van der Waals surface area contributed by atoms with Gasteiger partial charge in [-0.15, -0.1) is 5.54 Å². The fraction of sp³-hybridized carbons (Fsp3) is 0.424. The first kappa shape index (κ1) is 32.5. The molecule has 4 rings (SSSR count). The molecule has 1 atom stereocenters. The van der Waals surface area contributed by atoms with Gasteiger partial charge in [-0.3, -0.25) is 4.21 Å². The summed E-state index contributed by atoms with van der Waals surface area (Å²) in [6.45, 7) is 13.5. The van der Waals surface area contributed by atoms with Crippen LogP contribution in [0.3, 0.4) is 0 Å². The molecule has 43 heavy (non-hydrogen) atoms. The molecule has 0 saturated carbocycles. The van der Waals surface area contributed by atoms with Crippen molar-refractivity contribution in [3.8, 4) is 28.5 Å². The smallest absolute Gasteiger partial charge is 0.218 e. The number of hydrogen-bond acceptors (Lipinski definition) is 7. The largest absolute Gasteiger partial charge is 0.468 e. The van der Waals surface area contributed by atoms with Crippen molar-refractivity contribution in [3.05, 3.63) is 47.9 Å². The predicted molar refractivity (Wildman–Crippen MR) is 177 cm³/mol. The van der Waals surface area contributed by atoms with E-state index in [1.54, 1.807) is 25.6 Å². The number of rotatable bonds is 9. The molecule has 0 N–H and O–H groups in total. The molecule has 0 amide bonds. The Labute approximate surface area is 257 Å². The normalized spacial score (nSPS) is 12.7. The second-order valence-electron chi connectivity index (χ2n) is 12.0. The van der Waals surface area contributed by atoms with Gasteiger partial charge in [0.25, 0.3) is 0 Å². The molecular weight excluding hydrogens is 580 g/mol. The van der Waals surface area contributed by atoms with Crippen LogP contribution in [0, 0.1) is 17.3 Å². The summed E-state index contributed by atoms with van der Waals surface area (Å²) in [7, 11) is 1.80. The van der Waals surface area contributed by atoms with Crippen molar-refractivity contribution in [2.24, 2.45) is 0 Å². The second kappa shape index (κ2) is 13.1. The monoisotopic (exact) mass is 620 g/mol. The number of ether oxygens (including phenoxy) is 2. The van der Waals surface area contributed by atoms with Gasteiger partial charge in [0.1, 0.15) is 25.5 Å². The first-order valence-electron chi connectivity index (χ1n) is 14.4. The van der Waals surface area contributed by atoms with Crippen molar-refractivity contribution in [2.75, 3.05) is 39.2 Å². The molecule has 0 aliphatic carbocycles. The molecule has 2 aromatic heterocycles. The summed E-state index contributed by atoms with van der Waals surface area (Å²) in [5.74, 6) is 4.18. The zero-order valence-corrected chi connectivity index (χ0v) is 28.5. The van der Waals surface area contributed by atoms with Crippen LogP contribution < -0.4 is 9.64 Å². The van der Waals surface area contributed by atoms with Gasteiger partial charge in [0, 0.05) is 44.6 Å². The Kier molecular flexibility index (Phi) is 9.89. The van der Waals surface area contributed by atoms with Crippen molar-refractivity contribution in [2.45, 2.75) is 63.3 Å². The van der Waals surface area contributed by atoms with Crippen molar-refractivity contribution in [1.29, 1.82) is 0 Å². The van der Waals surface area contributed by atoms with Crippen LogP contribution in [0.25, 0.3) is 32.9 Å². The summed E-state index contributed by atoms with van der Waals surface area (Å²) < 4.78 is 39.2. The number of halogens is 1. The Balaban J connectivity index is 2.13. The van der Waals surface area contributed by atoms with Crippen LogP contribution in [0.15, 0.2) is 41.7 Å². The van der Waals surface area contributed by atoms with Crippen molar-refractivity contribution in [3.63, 3.8) is 0 Å². The first-order chi connectivity index (χ1) is 20.3. The third-order valence-electron chi connectivity index (χ3n) is 8.15.